The van der Waals surface area contributed by atoms with Crippen molar-refractivity contribution >= 4 is 27.3 Å². The fourth-order valence-corrected chi connectivity index (χ4v) is 2.92. The van der Waals surface area contributed by atoms with Gasteiger partial charge in [-0.15, -0.1) is 0 Å². The lowest BCUT2D eigenvalue weighted by Gasteiger charge is -2.37. The molecule has 0 amide bonds. The molecule has 0 aromatic heterocycles. The first-order chi connectivity index (χ1) is 9.00. The lowest BCUT2D eigenvalue weighted by molar-refractivity contribution is -0.384. The van der Waals surface area contributed by atoms with Gasteiger partial charge in [-0.3, -0.25) is 15.0 Å². The number of hydrogen-bond donors (Lipinski definition) is 0. The van der Waals surface area contributed by atoms with E-state index in [1.807, 2.05) is 12.1 Å². The summed E-state index contributed by atoms with van der Waals surface area (Å²) in [6.07, 6.45) is 0. The number of halogens is 1. The Morgan fingerprint density at radius 3 is 2.42 bits per heavy atom. The van der Waals surface area contributed by atoms with Crippen LogP contribution in [0.2, 0.25) is 0 Å². The van der Waals surface area contributed by atoms with Crippen LogP contribution >= 0.6 is 15.9 Å². The second kappa shape index (κ2) is 5.88. The highest BCUT2D eigenvalue weighted by atomic mass is 79.9. The predicted molar refractivity (Wildman–Crippen MR) is 79.7 cm³/mol. The molecule has 0 saturated carbocycles. The predicted octanol–water partition coefficient (Wildman–Crippen LogP) is 2.89. The molecular formula is C13H18BrN3O2. The summed E-state index contributed by atoms with van der Waals surface area (Å²) < 4.78 is 0.543. The van der Waals surface area contributed by atoms with Crippen molar-refractivity contribution < 1.29 is 4.92 Å². The van der Waals surface area contributed by atoms with Crippen LogP contribution in [0.3, 0.4) is 0 Å². The zero-order valence-electron chi connectivity index (χ0n) is 11.2. The average Bonchev–Trinajstić information content (AvgIpc) is 2.38. The van der Waals surface area contributed by atoms with Gasteiger partial charge in [-0.2, -0.15) is 0 Å². The van der Waals surface area contributed by atoms with Crippen molar-refractivity contribution in [1.82, 2.24) is 4.90 Å². The number of benzene rings is 1. The lowest BCUT2D eigenvalue weighted by Crippen LogP contribution is -2.49. The summed E-state index contributed by atoms with van der Waals surface area (Å²) in [6.45, 7) is 7.90. The lowest BCUT2D eigenvalue weighted by atomic mass is 10.2. The summed E-state index contributed by atoms with van der Waals surface area (Å²) in [5, 5.41) is 11.2. The van der Waals surface area contributed by atoms with Gasteiger partial charge in [0.05, 0.1) is 9.40 Å². The summed E-state index contributed by atoms with van der Waals surface area (Å²) in [7, 11) is 0. The van der Waals surface area contributed by atoms with Crippen LogP contribution in [0.5, 0.6) is 0 Å². The van der Waals surface area contributed by atoms with Crippen LogP contribution in [0, 0.1) is 10.1 Å². The molecule has 1 saturated heterocycles. The van der Waals surface area contributed by atoms with Crippen molar-refractivity contribution in [2.75, 3.05) is 31.1 Å². The number of para-hydroxylation sites is 1. The standard InChI is InChI=1S/C13H18BrN3O2/c1-10(2)15-6-8-16(9-7-15)12-5-3-4-11(14)13(12)17(18)19/h3-5,10H,6-9H2,1-2H3. The molecular weight excluding hydrogens is 310 g/mol. The molecule has 5 nitrogen and oxygen atoms in total. The quantitative estimate of drug-likeness (QED) is 0.632. The molecule has 0 bridgehead atoms. The second-order valence-electron chi connectivity index (χ2n) is 4.98. The van der Waals surface area contributed by atoms with Crippen LogP contribution in [-0.4, -0.2) is 42.0 Å². The van der Waals surface area contributed by atoms with Gasteiger partial charge in [0.25, 0.3) is 0 Å². The number of rotatable bonds is 3. The van der Waals surface area contributed by atoms with Gasteiger partial charge < -0.3 is 4.90 Å². The highest BCUT2D eigenvalue weighted by molar-refractivity contribution is 9.10. The summed E-state index contributed by atoms with van der Waals surface area (Å²) in [4.78, 5) is 15.4. The molecule has 0 spiro atoms. The van der Waals surface area contributed by atoms with Crippen LogP contribution in [-0.2, 0) is 0 Å². The molecule has 1 aliphatic heterocycles. The molecule has 0 aliphatic carbocycles. The molecule has 1 heterocycles. The molecule has 2 rings (SSSR count). The first-order valence-corrected chi connectivity index (χ1v) is 7.22. The van der Waals surface area contributed by atoms with Crippen LogP contribution in [0.1, 0.15) is 13.8 Å². The third-order valence-corrected chi connectivity index (χ3v) is 4.17. The van der Waals surface area contributed by atoms with E-state index >= 15 is 0 Å². The van der Waals surface area contributed by atoms with Crippen LogP contribution < -0.4 is 4.90 Å². The highest BCUT2D eigenvalue weighted by Crippen LogP contribution is 2.35. The number of hydrogen-bond acceptors (Lipinski definition) is 4. The average molecular weight is 328 g/mol. The Morgan fingerprint density at radius 2 is 1.89 bits per heavy atom. The van der Waals surface area contributed by atoms with E-state index in [9.17, 15) is 10.1 Å². The van der Waals surface area contributed by atoms with Crippen molar-refractivity contribution in [2.45, 2.75) is 19.9 Å². The minimum Gasteiger partial charge on any atom is -0.363 e. The molecule has 19 heavy (non-hydrogen) atoms. The molecule has 0 unspecified atom stereocenters. The van der Waals surface area contributed by atoms with E-state index in [-0.39, 0.29) is 10.6 Å². The van der Waals surface area contributed by atoms with Crippen molar-refractivity contribution in [3.05, 3.63) is 32.8 Å². The molecule has 0 atom stereocenters. The monoisotopic (exact) mass is 327 g/mol. The first-order valence-electron chi connectivity index (χ1n) is 6.42. The molecule has 104 valence electrons. The first kappa shape index (κ1) is 14.3. The van der Waals surface area contributed by atoms with Crippen LogP contribution in [0.15, 0.2) is 22.7 Å². The van der Waals surface area contributed by atoms with Gasteiger partial charge in [0.2, 0.25) is 0 Å². The fraction of sp³-hybridized carbons (Fsp3) is 0.538. The van der Waals surface area contributed by atoms with E-state index in [0.29, 0.717) is 16.2 Å². The Kier molecular flexibility index (Phi) is 4.42. The number of anilines is 1. The van der Waals surface area contributed by atoms with E-state index in [2.05, 4.69) is 39.6 Å². The van der Waals surface area contributed by atoms with Crippen LogP contribution in [0.25, 0.3) is 0 Å². The van der Waals surface area contributed by atoms with Gasteiger partial charge >= 0.3 is 5.69 Å². The van der Waals surface area contributed by atoms with E-state index < -0.39 is 0 Å². The maximum Gasteiger partial charge on any atom is 0.306 e. The summed E-state index contributed by atoms with van der Waals surface area (Å²) >= 11 is 3.27. The molecule has 0 radical (unpaired) electrons. The molecule has 0 N–H and O–H groups in total. The summed E-state index contributed by atoms with van der Waals surface area (Å²) in [5.41, 5.74) is 0.878. The van der Waals surface area contributed by atoms with Gasteiger partial charge in [-0.25, -0.2) is 0 Å². The minimum absolute atomic E-state index is 0.167. The molecule has 1 aromatic carbocycles. The van der Waals surface area contributed by atoms with Crippen molar-refractivity contribution in [3.63, 3.8) is 0 Å². The Hall–Kier alpha value is -1.14. The Balaban J connectivity index is 2.20. The van der Waals surface area contributed by atoms with Crippen molar-refractivity contribution in [3.8, 4) is 0 Å². The van der Waals surface area contributed by atoms with E-state index in [0.717, 1.165) is 26.2 Å². The normalized spacial score (nSPS) is 16.9. The SMILES string of the molecule is CC(C)N1CCN(c2cccc(Br)c2[N+](=O)[O-])CC1. The van der Waals surface area contributed by atoms with Crippen molar-refractivity contribution in [2.24, 2.45) is 0 Å². The zero-order valence-corrected chi connectivity index (χ0v) is 12.8. The topological polar surface area (TPSA) is 49.6 Å². The molecule has 6 heteroatoms. The number of nitrogens with zero attached hydrogens (tertiary/aromatic N) is 3. The highest BCUT2D eigenvalue weighted by Gasteiger charge is 2.26. The Labute approximate surface area is 121 Å². The smallest absolute Gasteiger partial charge is 0.306 e. The van der Waals surface area contributed by atoms with Crippen molar-refractivity contribution in [1.29, 1.82) is 0 Å². The number of nitro benzene ring substituents is 1. The van der Waals surface area contributed by atoms with Gasteiger partial charge in [0.1, 0.15) is 5.69 Å². The fourth-order valence-electron chi connectivity index (χ4n) is 2.42. The molecule has 1 aliphatic rings. The minimum atomic E-state index is -0.311. The number of piperazine rings is 1. The molecule has 1 aromatic rings. The largest absolute Gasteiger partial charge is 0.363 e. The van der Waals surface area contributed by atoms with Crippen LogP contribution in [0.4, 0.5) is 11.4 Å². The molecule has 1 fully saturated rings. The van der Waals surface area contributed by atoms with Gasteiger partial charge in [0, 0.05) is 32.2 Å². The second-order valence-corrected chi connectivity index (χ2v) is 5.84. The van der Waals surface area contributed by atoms with E-state index in [1.54, 1.807) is 6.07 Å². The van der Waals surface area contributed by atoms with E-state index in [1.165, 1.54) is 0 Å². The Bertz CT molecular complexity index is 471. The summed E-state index contributed by atoms with van der Waals surface area (Å²) in [5.74, 6) is 0. The van der Waals surface area contributed by atoms with Gasteiger partial charge in [-0.05, 0) is 41.9 Å². The van der Waals surface area contributed by atoms with Gasteiger partial charge in [0.15, 0.2) is 0 Å². The maximum atomic E-state index is 11.2. The summed E-state index contributed by atoms with van der Waals surface area (Å²) in [6, 6.07) is 5.92. The number of nitro groups is 1. The van der Waals surface area contributed by atoms with Gasteiger partial charge in [-0.1, -0.05) is 6.07 Å². The van der Waals surface area contributed by atoms with E-state index in [4.69, 9.17) is 0 Å². The zero-order chi connectivity index (χ0) is 14.0. The Morgan fingerprint density at radius 1 is 1.26 bits per heavy atom. The third-order valence-electron chi connectivity index (χ3n) is 3.53. The maximum absolute atomic E-state index is 11.2. The third kappa shape index (κ3) is 3.06.